The third-order valence-electron chi connectivity index (χ3n) is 3.79. The molecule has 0 aliphatic rings. The number of benzene rings is 2. The van der Waals surface area contributed by atoms with Gasteiger partial charge in [0.25, 0.3) is 0 Å². The molecule has 0 saturated carbocycles. The second kappa shape index (κ2) is 7.42. The molecular weight excluding hydrogens is 326 g/mol. The van der Waals surface area contributed by atoms with Gasteiger partial charge in [-0.05, 0) is 44.0 Å². The summed E-state index contributed by atoms with van der Waals surface area (Å²) in [5, 5.41) is 2.48. The van der Waals surface area contributed by atoms with Gasteiger partial charge in [0.2, 0.25) is 11.8 Å². The summed E-state index contributed by atoms with van der Waals surface area (Å²) in [6.07, 6.45) is 0. The first-order valence-electron chi connectivity index (χ1n) is 7.80. The average Bonchev–Trinajstić information content (AvgIpc) is 2.48. The molecule has 0 unspecified atom stereocenters. The number of carbonyl (C=O) groups is 2. The molecule has 0 radical (unpaired) electrons. The van der Waals surface area contributed by atoms with Crippen LogP contribution in [0.5, 0.6) is 0 Å². The Hall–Kier alpha value is -2.76. The van der Waals surface area contributed by atoms with Crippen LogP contribution in [0.3, 0.4) is 0 Å². The molecule has 0 saturated heterocycles. The smallest absolute Gasteiger partial charge is 0.244 e. The Labute approximate surface area is 145 Å². The van der Waals surface area contributed by atoms with Gasteiger partial charge in [-0.25, -0.2) is 8.78 Å². The summed E-state index contributed by atoms with van der Waals surface area (Å²) in [7, 11) is 0. The Morgan fingerprint density at radius 1 is 1.00 bits per heavy atom. The lowest BCUT2D eigenvalue weighted by molar-refractivity contribution is -0.120. The zero-order valence-electron chi connectivity index (χ0n) is 14.6. The lowest BCUT2D eigenvalue weighted by Gasteiger charge is -2.25. The van der Waals surface area contributed by atoms with Crippen LogP contribution in [0, 0.1) is 32.4 Å². The molecule has 2 aromatic rings. The van der Waals surface area contributed by atoms with Gasteiger partial charge in [-0.15, -0.1) is 0 Å². The summed E-state index contributed by atoms with van der Waals surface area (Å²) in [4.78, 5) is 25.7. The first kappa shape index (κ1) is 18.6. The number of halogens is 2. The Morgan fingerprint density at radius 3 is 2.12 bits per heavy atom. The van der Waals surface area contributed by atoms with Crippen LogP contribution in [0.2, 0.25) is 0 Å². The van der Waals surface area contributed by atoms with Crippen molar-refractivity contribution in [2.24, 2.45) is 0 Å². The van der Waals surface area contributed by atoms with E-state index in [1.54, 1.807) is 0 Å². The third kappa shape index (κ3) is 4.41. The third-order valence-corrected chi connectivity index (χ3v) is 3.79. The minimum absolute atomic E-state index is 0.129. The number of amides is 2. The maximum Gasteiger partial charge on any atom is 0.244 e. The van der Waals surface area contributed by atoms with E-state index in [1.165, 1.54) is 17.9 Å². The van der Waals surface area contributed by atoms with Crippen molar-refractivity contribution in [3.05, 3.63) is 58.7 Å². The van der Waals surface area contributed by atoms with E-state index in [2.05, 4.69) is 5.32 Å². The van der Waals surface area contributed by atoms with Crippen molar-refractivity contribution in [1.29, 1.82) is 0 Å². The van der Waals surface area contributed by atoms with Gasteiger partial charge in [0.1, 0.15) is 6.54 Å². The largest absolute Gasteiger partial charge is 0.324 e. The van der Waals surface area contributed by atoms with Crippen LogP contribution in [0.1, 0.15) is 23.6 Å². The molecule has 0 heterocycles. The van der Waals surface area contributed by atoms with Crippen molar-refractivity contribution in [2.75, 3.05) is 16.8 Å². The predicted molar refractivity (Wildman–Crippen MR) is 93.7 cm³/mol. The number of rotatable bonds is 4. The van der Waals surface area contributed by atoms with Crippen molar-refractivity contribution < 1.29 is 18.4 Å². The highest BCUT2D eigenvalue weighted by Crippen LogP contribution is 2.26. The highest BCUT2D eigenvalue weighted by Gasteiger charge is 2.20. The topological polar surface area (TPSA) is 49.4 Å². The maximum absolute atomic E-state index is 13.2. The Kier molecular flexibility index (Phi) is 5.51. The molecule has 0 atom stereocenters. The summed E-state index contributed by atoms with van der Waals surface area (Å²) >= 11 is 0. The second-order valence-electron chi connectivity index (χ2n) is 6.03. The Morgan fingerprint density at radius 2 is 1.60 bits per heavy atom. The number of nitrogens with zero attached hydrogens (tertiary/aromatic N) is 1. The number of anilines is 2. The van der Waals surface area contributed by atoms with Gasteiger partial charge in [0, 0.05) is 18.7 Å². The summed E-state index contributed by atoms with van der Waals surface area (Å²) in [5.74, 6) is -2.82. The van der Waals surface area contributed by atoms with E-state index in [-0.39, 0.29) is 18.1 Å². The summed E-state index contributed by atoms with van der Waals surface area (Å²) < 4.78 is 26.2. The van der Waals surface area contributed by atoms with Crippen molar-refractivity contribution in [2.45, 2.75) is 27.7 Å². The van der Waals surface area contributed by atoms with Gasteiger partial charge in [-0.2, -0.15) is 0 Å². The van der Waals surface area contributed by atoms with E-state index in [4.69, 9.17) is 0 Å². The molecule has 0 fully saturated rings. The van der Waals surface area contributed by atoms with Crippen LogP contribution < -0.4 is 10.2 Å². The van der Waals surface area contributed by atoms with E-state index in [1.807, 2.05) is 32.9 Å². The van der Waals surface area contributed by atoms with Crippen LogP contribution in [0.25, 0.3) is 0 Å². The van der Waals surface area contributed by atoms with Gasteiger partial charge < -0.3 is 10.2 Å². The fourth-order valence-corrected chi connectivity index (χ4v) is 2.86. The van der Waals surface area contributed by atoms with Crippen LogP contribution in [-0.4, -0.2) is 18.4 Å². The Bertz CT molecular complexity index is 811. The van der Waals surface area contributed by atoms with Crippen molar-refractivity contribution in [1.82, 2.24) is 0 Å². The fraction of sp³-hybridized carbons (Fsp3) is 0.263. The highest BCUT2D eigenvalue weighted by molar-refractivity contribution is 6.02. The lowest BCUT2D eigenvalue weighted by Crippen LogP contribution is -2.37. The SMILES string of the molecule is CC(=O)N(CC(=O)Nc1ccc(F)c(F)c1)c1c(C)cc(C)cc1C. The molecule has 132 valence electrons. The zero-order valence-corrected chi connectivity index (χ0v) is 14.6. The van der Waals surface area contributed by atoms with Crippen LogP contribution in [0.4, 0.5) is 20.2 Å². The van der Waals surface area contributed by atoms with Gasteiger partial charge in [0.05, 0.1) is 5.69 Å². The number of nitrogens with one attached hydrogen (secondary N) is 1. The standard InChI is InChI=1S/C19H20F2N2O2/c1-11-7-12(2)19(13(3)8-11)23(14(4)24)10-18(25)22-15-5-6-16(20)17(21)9-15/h5-9H,10H2,1-4H3,(H,22,25). The van der Waals surface area contributed by atoms with Crippen molar-refractivity contribution >= 4 is 23.2 Å². The van der Waals surface area contributed by atoms with Gasteiger partial charge in [-0.3, -0.25) is 9.59 Å². The fourth-order valence-electron chi connectivity index (χ4n) is 2.86. The molecule has 0 aliphatic carbocycles. The molecule has 2 rings (SSSR count). The first-order chi connectivity index (χ1) is 11.7. The van der Waals surface area contributed by atoms with E-state index in [0.717, 1.165) is 28.8 Å². The summed E-state index contributed by atoms with van der Waals surface area (Å²) in [6.45, 7) is 6.86. The molecule has 0 aromatic heterocycles. The number of hydrogen-bond donors (Lipinski definition) is 1. The summed E-state index contributed by atoms with van der Waals surface area (Å²) in [5.41, 5.74) is 3.64. The molecule has 6 heteroatoms. The maximum atomic E-state index is 13.2. The van der Waals surface area contributed by atoms with Gasteiger partial charge in [0.15, 0.2) is 11.6 Å². The molecule has 0 bridgehead atoms. The first-order valence-corrected chi connectivity index (χ1v) is 7.80. The predicted octanol–water partition coefficient (Wildman–Crippen LogP) is 3.88. The molecule has 2 amide bonds. The average molecular weight is 346 g/mol. The number of aryl methyl sites for hydroxylation is 3. The second-order valence-corrected chi connectivity index (χ2v) is 6.03. The molecule has 0 spiro atoms. The quantitative estimate of drug-likeness (QED) is 0.913. The minimum atomic E-state index is -1.05. The molecule has 2 aromatic carbocycles. The molecule has 25 heavy (non-hydrogen) atoms. The molecule has 0 aliphatic heterocycles. The van der Waals surface area contributed by atoms with Crippen molar-refractivity contribution in [3.63, 3.8) is 0 Å². The number of carbonyl (C=O) groups excluding carboxylic acids is 2. The molecule has 1 N–H and O–H groups in total. The van der Waals surface area contributed by atoms with Gasteiger partial charge >= 0.3 is 0 Å². The van der Waals surface area contributed by atoms with Crippen molar-refractivity contribution in [3.8, 4) is 0 Å². The minimum Gasteiger partial charge on any atom is -0.324 e. The van der Waals surface area contributed by atoms with E-state index in [9.17, 15) is 18.4 Å². The Balaban J connectivity index is 2.23. The molecule has 4 nitrogen and oxygen atoms in total. The highest BCUT2D eigenvalue weighted by atomic mass is 19.2. The van der Waals surface area contributed by atoms with Crippen LogP contribution in [-0.2, 0) is 9.59 Å². The van der Waals surface area contributed by atoms with Gasteiger partial charge in [-0.1, -0.05) is 17.7 Å². The molecular formula is C19H20F2N2O2. The summed E-state index contributed by atoms with van der Waals surface area (Å²) in [6, 6.07) is 6.96. The van der Waals surface area contributed by atoms with Crippen LogP contribution in [0.15, 0.2) is 30.3 Å². The van der Waals surface area contributed by atoms with Crippen LogP contribution >= 0.6 is 0 Å². The van der Waals surface area contributed by atoms with E-state index < -0.39 is 17.5 Å². The van der Waals surface area contributed by atoms with E-state index >= 15 is 0 Å². The lowest BCUT2D eigenvalue weighted by atomic mass is 10.0. The normalized spacial score (nSPS) is 10.5. The monoisotopic (exact) mass is 346 g/mol. The van der Waals surface area contributed by atoms with E-state index in [0.29, 0.717) is 5.69 Å². The number of hydrogen-bond acceptors (Lipinski definition) is 2. The zero-order chi connectivity index (χ0) is 18.7.